The van der Waals surface area contributed by atoms with Crippen LogP contribution in [0, 0.1) is 19.3 Å². The zero-order valence-corrected chi connectivity index (χ0v) is 9.03. The summed E-state index contributed by atoms with van der Waals surface area (Å²) in [6, 6.07) is 4.99. The van der Waals surface area contributed by atoms with Gasteiger partial charge >= 0.3 is 5.97 Å². The largest absolute Gasteiger partial charge is 0.465 e. The van der Waals surface area contributed by atoms with Crippen LogP contribution >= 0.6 is 0 Å². The van der Waals surface area contributed by atoms with Gasteiger partial charge in [0, 0.05) is 0 Å². The zero-order valence-electron chi connectivity index (χ0n) is 9.03. The Hall–Kier alpha value is -2.28. The molecular formula is C12H11NO3. The van der Waals surface area contributed by atoms with Crippen LogP contribution < -0.4 is 5.32 Å². The van der Waals surface area contributed by atoms with E-state index in [-0.39, 0.29) is 5.56 Å². The molecule has 0 heterocycles. The van der Waals surface area contributed by atoms with Crippen LogP contribution in [0.25, 0.3) is 0 Å². The lowest BCUT2D eigenvalue weighted by molar-refractivity contribution is -0.111. The van der Waals surface area contributed by atoms with Gasteiger partial charge in [-0.05, 0) is 25.0 Å². The molecule has 0 saturated carbocycles. The average Bonchev–Trinajstić information content (AvgIpc) is 2.30. The molecule has 0 aliphatic carbocycles. The Kier molecular flexibility index (Phi) is 3.67. The van der Waals surface area contributed by atoms with Gasteiger partial charge in [-0.25, -0.2) is 4.79 Å². The van der Waals surface area contributed by atoms with E-state index in [4.69, 9.17) is 6.42 Å². The fraction of sp³-hybridized carbons (Fsp3) is 0.167. The van der Waals surface area contributed by atoms with Gasteiger partial charge in [-0.3, -0.25) is 4.79 Å². The van der Waals surface area contributed by atoms with Crippen LogP contribution in [0.4, 0.5) is 5.69 Å². The van der Waals surface area contributed by atoms with Crippen molar-refractivity contribution in [3.8, 4) is 12.3 Å². The van der Waals surface area contributed by atoms with Crippen LogP contribution in [0.1, 0.15) is 15.9 Å². The highest BCUT2D eigenvalue weighted by molar-refractivity contribution is 6.07. The summed E-state index contributed by atoms with van der Waals surface area (Å²) in [7, 11) is 1.28. The Bertz CT molecular complexity index is 472. The molecule has 1 aromatic rings. The van der Waals surface area contributed by atoms with Crippen LogP contribution in [-0.4, -0.2) is 19.0 Å². The van der Waals surface area contributed by atoms with E-state index in [1.54, 1.807) is 18.2 Å². The Morgan fingerprint density at radius 3 is 2.69 bits per heavy atom. The predicted molar refractivity (Wildman–Crippen MR) is 60.0 cm³/mol. The van der Waals surface area contributed by atoms with Crippen LogP contribution in [0.15, 0.2) is 18.2 Å². The number of methoxy groups -OCH3 is 1. The molecule has 1 N–H and O–H groups in total. The molecule has 0 atom stereocenters. The number of amides is 1. The van der Waals surface area contributed by atoms with Crippen LogP contribution in [0.2, 0.25) is 0 Å². The molecule has 82 valence electrons. The quantitative estimate of drug-likeness (QED) is 0.601. The number of ether oxygens (including phenoxy) is 1. The van der Waals surface area contributed by atoms with Gasteiger partial charge < -0.3 is 10.1 Å². The first-order valence-electron chi connectivity index (χ1n) is 4.55. The SMILES string of the molecule is C#CC(=O)Nc1ccc(C)cc1C(=O)OC. The number of carbonyl (C=O) groups is 2. The molecule has 0 fully saturated rings. The van der Waals surface area contributed by atoms with E-state index in [9.17, 15) is 9.59 Å². The minimum absolute atomic E-state index is 0.283. The van der Waals surface area contributed by atoms with Crippen molar-refractivity contribution in [1.82, 2.24) is 0 Å². The van der Waals surface area contributed by atoms with Gasteiger partial charge in [0.1, 0.15) is 0 Å². The highest BCUT2D eigenvalue weighted by Crippen LogP contribution is 2.18. The highest BCUT2D eigenvalue weighted by atomic mass is 16.5. The number of benzene rings is 1. The van der Waals surface area contributed by atoms with Crippen molar-refractivity contribution in [3.63, 3.8) is 0 Å². The van der Waals surface area contributed by atoms with Crippen molar-refractivity contribution in [1.29, 1.82) is 0 Å². The smallest absolute Gasteiger partial charge is 0.339 e. The van der Waals surface area contributed by atoms with Crippen molar-refractivity contribution in [2.75, 3.05) is 12.4 Å². The lowest BCUT2D eigenvalue weighted by atomic mass is 10.1. The monoisotopic (exact) mass is 217 g/mol. The number of aryl methyl sites for hydroxylation is 1. The lowest BCUT2D eigenvalue weighted by Gasteiger charge is -2.08. The first kappa shape index (κ1) is 11.8. The second-order valence-electron chi connectivity index (χ2n) is 3.14. The van der Waals surface area contributed by atoms with E-state index in [1.807, 2.05) is 12.8 Å². The van der Waals surface area contributed by atoms with Gasteiger partial charge in [0.2, 0.25) is 0 Å². The van der Waals surface area contributed by atoms with Crippen molar-refractivity contribution >= 4 is 17.6 Å². The molecule has 4 nitrogen and oxygen atoms in total. The summed E-state index contributed by atoms with van der Waals surface area (Å²) in [6.45, 7) is 1.83. The summed E-state index contributed by atoms with van der Waals surface area (Å²) in [4.78, 5) is 22.5. The van der Waals surface area contributed by atoms with E-state index in [1.165, 1.54) is 7.11 Å². The summed E-state index contributed by atoms with van der Waals surface area (Å²) in [6.07, 6.45) is 4.93. The summed E-state index contributed by atoms with van der Waals surface area (Å²) in [5.74, 6) is 0.790. The van der Waals surface area contributed by atoms with E-state index in [0.717, 1.165) is 5.56 Å². The second kappa shape index (κ2) is 4.99. The third kappa shape index (κ3) is 2.61. The number of esters is 1. The summed E-state index contributed by atoms with van der Waals surface area (Å²) < 4.78 is 4.61. The van der Waals surface area contributed by atoms with Gasteiger partial charge in [-0.15, -0.1) is 6.42 Å². The van der Waals surface area contributed by atoms with Crippen molar-refractivity contribution in [2.24, 2.45) is 0 Å². The molecule has 0 aromatic heterocycles. The van der Waals surface area contributed by atoms with E-state index in [0.29, 0.717) is 5.69 Å². The Labute approximate surface area is 93.6 Å². The second-order valence-corrected chi connectivity index (χ2v) is 3.14. The van der Waals surface area contributed by atoms with Crippen molar-refractivity contribution < 1.29 is 14.3 Å². The summed E-state index contributed by atoms with van der Waals surface area (Å²) in [5, 5.41) is 2.43. The number of carbonyl (C=O) groups excluding carboxylic acids is 2. The van der Waals surface area contributed by atoms with Crippen LogP contribution in [0.3, 0.4) is 0 Å². The maximum Gasteiger partial charge on any atom is 0.339 e. The van der Waals surface area contributed by atoms with E-state index >= 15 is 0 Å². The van der Waals surface area contributed by atoms with Gasteiger partial charge in [0.25, 0.3) is 5.91 Å². The average molecular weight is 217 g/mol. The fourth-order valence-corrected chi connectivity index (χ4v) is 1.20. The fourth-order valence-electron chi connectivity index (χ4n) is 1.20. The normalized spacial score (nSPS) is 9.06. The standard InChI is InChI=1S/C12H11NO3/c1-4-11(14)13-10-6-5-8(2)7-9(10)12(15)16-3/h1,5-7H,2-3H3,(H,13,14). The van der Waals surface area contributed by atoms with E-state index < -0.39 is 11.9 Å². The molecule has 0 spiro atoms. The Balaban J connectivity index is 3.13. The van der Waals surface area contributed by atoms with Crippen LogP contribution in [0.5, 0.6) is 0 Å². The zero-order chi connectivity index (χ0) is 12.1. The molecule has 0 radical (unpaired) electrons. The molecule has 0 aliphatic heterocycles. The molecule has 1 rings (SSSR count). The maximum absolute atomic E-state index is 11.4. The number of nitrogens with one attached hydrogen (secondary N) is 1. The van der Waals surface area contributed by atoms with Gasteiger partial charge in [-0.2, -0.15) is 0 Å². The topological polar surface area (TPSA) is 55.4 Å². The van der Waals surface area contributed by atoms with Crippen molar-refractivity contribution in [3.05, 3.63) is 29.3 Å². The lowest BCUT2D eigenvalue weighted by Crippen LogP contribution is -2.13. The van der Waals surface area contributed by atoms with E-state index in [2.05, 4.69) is 10.1 Å². The number of hydrogen-bond acceptors (Lipinski definition) is 3. The highest BCUT2D eigenvalue weighted by Gasteiger charge is 2.13. The molecule has 16 heavy (non-hydrogen) atoms. The van der Waals surface area contributed by atoms with Crippen LogP contribution in [-0.2, 0) is 9.53 Å². The number of rotatable bonds is 2. The Morgan fingerprint density at radius 2 is 2.12 bits per heavy atom. The predicted octanol–water partition coefficient (Wildman–Crippen LogP) is 1.35. The molecule has 4 heteroatoms. The van der Waals surface area contributed by atoms with Gasteiger partial charge in [0.05, 0.1) is 18.4 Å². The molecule has 0 saturated heterocycles. The van der Waals surface area contributed by atoms with Gasteiger partial charge in [0.15, 0.2) is 0 Å². The molecule has 0 bridgehead atoms. The molecule has 0 unspecified atom stereocenters. The number of terminal acetylenes is 1. The molecule has 1 amide bonds. The molecule has 0 aliphatic rings. The number of anilines is 1. The summed E-state index contributed by atoms with van der Waals surface area (Å²) in [5.41, 5.74) is 1.52. The summed E-state index contributed by atoms with van der Waals surface area (Å²) >= 11 is 0. The minimum atomic E-state index is -0.603. The first-order valence-corrected chi connectivity index (χ1v) is 4.55. The van der Waals surface area contributed by atoms with Crippen molar-refractivity contribution in [2.45, 2.75) is 6.92 Å². The number of hydrogen-bond donors (Lipinski definition) is 1. The third-order valence-electron chi connectivity index (χ3n) is 1.96. The first-order chi connectivity index (χ1) is 7.58. The molecule has 1 aromatic carbocycles. The Morgan fingerprint density at radius 1 is 1.44 bits per heavy atom. The molecular weight excluding hydrogens is 206 g/mol. The third-order valence-corrected chi connectivity index (χ3v) is 1.96. The maximum atomic E-state index is 11.4. The minimum Gasteiger partial charge on any atom is -0.465 e. The van der Waals surface area contributed by atoms with Gasteiger partial charge in [-0.1, -0.05) is 11.6 Å².